The number of hydrogen-bond acceptors (Lipinski definition) is 1. The van der Waals surface area contributed by atoms with Crippen LogP contribution in [-0.2, 0) is 4.79 Å². The number of hydrogen-bond donors (Lipinski definition) is 0. The van der Waals surface area contributed by atoms with Gasteiger partial charge < -0.3 is 0 Å². The molecular formula is C15H24O. The normalized spacial score (nSPS) is 14.4. The molecule has 16 heavy (non-hydrogen) atoms. The van der Waals surface area contributed by atoms with Gasteiger partial charge in [0.2, 0.25) is 0 Å². The lowest BCUT2D eigenvalue weighted by atomic mass is 9.98. The van der Waals surface area contributed by atoms with E-state index in [2.05, 4.69) is 33.4 Å². The lowest BCUT2D eigenvalue weighted by Gasteiger charge is -2.06. The molecule has 1 nitrogen and oxygen atoms in total. The third-order valence-electron chi connectivity index (χ3n) is 2.31. The van der Waals surface area contributed by atoms with Crippen molar-refractivity contribution in [3.8, 4) is 0 Å². The van der Waals surface area contributed by atoms with E-state index in [-0.39, 0.29) is 0 Å². The zero-order valence-corrected chi connectivity index (χ0v) is 11.0. The third-order valence-corrected chi connectivity index (χ3v) is 2.31. The molecule has 0 saturated carbocycles. The SMILES string of the molecule is C=C/C(C)=C\C=C\[C@H](C)CC(=O)CC(C)C. The predicted molar refractivity (Wildman–Crippen MR) is 71.3 cm³/mol. The van der Waals surface area contributed by atoms with Gasteiger partial charge in [-0.25, -0.2) is 0 Å². The topological polar surface area (TPSA) is 17.1 Å². The van der Waals surface area contributed by atoms with Gasteiger partial charge in [0, 0.05) is 12.8 Å². The van der Waals surface area contributed by atoms with E-state index in [9.17, 15) is 4.79 Å². The maximum absolute atomic E-state index is 11.6. The molecule has 0 spiro atoms. The molecule has 90 valence electrons. The molecule has 0 aliphatic heterocycles. The third kappa shape index (κ3) is 8.22. The summed E-state index contributed by atoms with van der Waals surface area (Å²) in [6.07, 6.45) is 9.25. The zero-order valence-electron chi connectivity index (χ0n) is 11.0. The molecule has 0 bridgehead atoms. The average molecular weight is 220 g/mol. The van der Waals surface area contributed by atoms with Gasteiger partial charge >= 0.3 is 0 Å². The highest BCUT2D eigenvalue weighted by Gasteiger charge is 2.07. The molecule has 0 aromatic heterocycles. The minimum atomic E-state index is 0.320. The Morgan fingerprint density at radius 3 is 2.38 bits per heavy atom. The van der Waals surface area contributed by atoms with Crippen molar-refractivity contribution in [2.45, 2.75) is 40.5 Å². The Hall–Kier alpha value is -1.11. The van der Waals surface area contributed by atoms with Crippen molar-refractivity contribution in [3.05, 3.63) is 36.5 Å². The molecule has 0 fully saturated rings. The summed E-state index contributed by atoms with van der Waals surface area (Å²) in [6.45, 7) is 11.9. The average Bonchev–Trinajstić information content (AvgIpc) is 2.15. The summed E-state index contributed by atoms with van der Waals surface area (Å²) in [5, 5.41) is 0. The number of allylic oxidation sites excluding steroid dienone is 5. The first-order valence-electron chi connectivity index (χ1n) is 5.95. The van der Waals surface area contributed by atoms with Crippen molar-refractivity contribution in [1.29, 1.82) is 0 Å². The van der Waals surface area contributed by atoms with Gasteiger partial charge in [-0.3, -0.25) is 4.79 Å². The number of ketones is 1. The standard InChI is InChI=1S/C15H24O/c1-6-13(4)8-7-9-14(5)11-15(16)10-12(2)3/h6-9,12,14H,1,10-11H2,2-5H3/b9-7+,13-8-/t14-/m0/s1. The van der Waals surface area contributed by atoms with E-state index >= 15 is 0 Å². The van der Waals surface area contributed by atoms with Crippen LogP contribution in [-0.4, -0.2) is 5.78 Å². The van der Waals surface area contributed by atoms with Gasteiger partial charge in [-0.05, 0) is 18.8 Å². The highest BCUT2D eigenvalue weighted by Crippen LogP contribution is 2.10. The molecule has 0 unspecified atom stereocenters. The molecule has 1 heteroatoms. The van der Waals surface area contributed by atoms with Gasteiger partial charge in [0.15, 0.2) is 0 Å². The van der Waals surface area contributed by atoms with Crippen molar-refractivity contribution >= 4 is 5.78 Å². The van der Waals surface area contributed by atoms with Gasteiger partial charge in [0.05, 0.1) is 0 Å². The second-order valence-corrected chi connectivity index (χ2v) is 4.82. The fourth-order valence-corrected chi connectivity index (χ4v) is 1.43. The van der Waals surface area contributed by atoms with Gasteiger partial charge in [-0.15, -0.1) is 0 Å². The molecule has 1 atom stereocenters. The maximum Gasteiger partial charge on any atom is 0.133 e. The summed E-state index contributed by atoms with van der Waals surface area (Å²) in [5.74, 6) is 1.14. The van der Waals surface area contributed by atoms with Crippen LogP contribution in [0.4, 0.5) is 0 Å². The van der Waals surface area contributed by atoms with Crippen molar-refractivity contribution in [2.24, 2.45) is 11.8 Å². The highest BCUT2D eigenvalue weighted by molar-refractivity contribution is 5.78. The van der Waals surface area contributed by atoms with Gasteiger partial charge in [0.25, 0.3) is 0 Å². The highest BCUT2D eigenvalue weighted by atomic mass is 16.1. The number of Topliss-reactive ketones (excluding diaryl/α,β-unsaturated/α-hetero) is 1. The van der Waals surface area contributed by atoms with Crippen molar-refractivity contribution < 1.29 is 4.79 Å². The van der Waals surface area contributed by atoms with Crippen LogP contribution in [0.1, 0.15) is 40.5 Å². The van der Waals surface area contributed by atoms with E-state index in [0.717, 1.165) is 5.57 Å². The maximum atomic E-state index is 11.6. The Balaban J connectivity index is 4.03. The van der Waals surface area contributed by atoms with E-state index in [1.807, 2.05) is 25.2 Å². The van der Waals surface area contributed by atoms with E-state index in [1.165, 1.54) is 0 Å². The summed E-state index contributed by atoms with van der Waals surface area (Å²) in [7, 11) is 0. The molecule has 0 heterocycles. The van der Waals surface area contributed by atoms with Crippen LogP contribution in [0.15, 0.2) is 36.5 Å². The molecule has 0 saturated heterocycles. The van der Waals surface area contributed by atoms with Crippen molar-refractivity contribution in [3.63, 3.8) is 0 Å². The molecular weight excluding hydrogens is 196 g/mol. The van der Waals surface area contributed by atoms with Crippen LogP contribution in [0.5, 0.6) is 0 Å². The fraction of sp³-hybridized carbons (Fsp3) is 0.533. The number of rotatable bonds is 7. The summed E-state index contributed by atoms with van der Waals surface area (Å²) >= 11 is 0. The second kappa shape index (κ2) is 8.09. The molecule has 0 aliphatic rings. The minimum absolute atomic E-state index is 0.320. The van der Waals surface area contributed by atoms with Crippen LogP contribution in [0, 0.1) is 11.8 Å². The lowest BCUT2D eigenvalue weighted by Crippen LogP contribution is -2.06. The molecule has 0 amide bonds. The van der Waals surface area contributed by atoms with Crippen molar-refractivity contribution in [1.82, 2.24) is 0 Å². The van der Waals surface area contributed by atoms with E-state index < -0.39 is 0 Å². The molecule has 0 aromatic rings. The van der Waals surface area contributed by atoms with Crippen LogP contribution in [0.25, 0.3) is 0 Å². The monoisotopic (exact) mass is 220 g/mol. The van der Waals surface area contributed by atoms with E-state index in [4.69, 9.17) is 0 Å². The Morgan fingerprint density at radius 1 is 1.25 bits per heavy atom. The quantitative estimate of drug-likeness (QED) is 0.584. The zero-order chi connectivity index (χ0) is 12.6. The van der Waals surface area contributed by atoms with Gasteiger partial charge in [-0.1, -0.05) is 57.2 Å². The summed E-state index contributed by atoms with van der Waals surface area (Å²) < 4.78 is 0. The summed E-state index contributed by atoms with van der Waals surface area (Å²) in [6, 6.07) is 0. The first-order chi connectivity index (χ1) is 7.45. The van der Waals surface area contributed by atoms with E-state index in [1.54, 1.807) is 0 Å². The second-order valence-electron chi connectivity index (χ2n) is 4.82. The summed E-state index contributed by atoms with van der Waals surface area (Å²) in [5.41, 5.74) is 1.14. The first-order valence-corrected chi connectivity index (χ1v) is 5.95. The number of carbonyl (C=O) groups excluding carboxylic acids is 1. The van der Waals surface area contributed by atoms with E-state index in [0.29, 0.717) is 30.5 Å². The number of carbonyl (C=O) groups is 1. The first kappa shape index (κ1) is 14.9. The Bertz CT molecular complexity index is 282. The van der Waals surface area contributed by atoms with Crippen LogP contribution in [0.3, 0.4) is 0 Å². The van der Waals surface area contributed by atoms with Crippen LogP contribution in [0.2, 0.25) is 0 Å². The molecule has 0 rings (SSSR count). The molecule has 0 aromatic carbocycles. The van der Waals surface area contributed by atoms with Crippen molar-refractivity contribution in [2.75, 3.05) is 0 Å². The van der Waals surface area contributed by atoms with Gasteiger partial charge in [0.1, 0.15) is 5.78 Å². The molecule has 0 radical (unpaired) electrons. The smallest absolute Gasteiger partial charge is 0.133 e. The summed E-state index contributed by atoms with van der Waals surface area (Å²) in [4.78, 5) is 11.6. The van der Waals surface area contributed by atoms with Gasteiger partial charge in [-0.2, -0.15) is 0 Å². The predicted octanol–water partition coefficient (Wildman–Crippen LogP) is 4.32. The molecule has 0 aliphatic carbocycles. The lowest BCUT2D eigenvalue weighted by molar-refractivity contribution is -0.120. The Morgan fingerprint density at radius 2 is 1.88 bits per heavy atom. The Labute approximate surface area is 99.9 Å². The van der Waals surface area contributed by atoms with Crippen LogP contribution < -0.4 is 0 Å². The van der Waals surface area contributed by atoms with Crippen LogP contribution >= 0.6 is 0 Å². The molecule has 0 N–H and O–H groups in total. The fourth-order valence-electron chi connectivity index (χ4n) is 1.43. The largest absolute Gasteiger partial charge is 0.300 e. The Kier molecular flexibility index (Phi) is 7.53. The minimum Gasteiger partial charge on any atom is -0.300 e.